The predicted molar refractivity (Wildman–Crippen MR) is 104 cm³/mol. The van der Waals surface area contributed by atoms with Crippen molar-refractivity contribution in [2.75, 3.05) is 5.32 Å². The number of aryl methyl sites for hydroxylation is 2. The first-order valence-electron chi connectivity index (χ1n) is 9.38. The fourth-order valence-electron chi connectivity index (χ4n) is 3.36. The van der Waals surface area contributed by atoms with Crippen LogP contribution in [0.5, 0.6) is 0 Å². The van der Waals surface area contributed by atoms with Crippen LogP contribution in [0.4, 0.5) is 5.82 Å². The number of fused-ring (bicyclic) bond motifs is 1. The van der Waals surface area contributed by atoms with E-state index >= 15 is 0 Å². The van der Waals surface area contributed by atoms with Gasteiger partial charge in [0, 0.05) is 24.4 Å². The lowest BCUT2D eigenvalue weighted by Crippen LogP contribution is -2.26. The first-order valence-corrected chi connectivity index (χ1v) is 10.9. The zero-order chi connectivity index (χ0) is 20.1. The normalized spacial score (nSPS) is 17.2. The minimum absolute atomic E-state index is 0.00332. The molecule has 2 aromatic rings. The molecule has 1 aliphatic heterocycles. The molecular weight excluding hydrogens is 380 g/mol. The first kappa shape index (κ1) is 18.8. The van der Waals surface area contributed by atoms with E-state index < -0.39 is 10.0 Å². The Bertz CT molecular complexity index is 1080. The number of sulfonamides is 1. The molecule has 1 aliphatic carbocycles. The molecule has 8 nitrogen and oxygen atoms in total. The number of hydrogen-bond donors (Lipinski definition) is 2. The molecule has 1 saturated carbocycles. The van der Waals surface area contributed by atoms with Gasteiger partial charge >= 0.3 is 0 Å². The number of nitrogens with one attached hydrogen (secondary N) is 2. The number of nitrogens with zero attached hydrogens (tertiary/aromatic N) is 2. The molecule has 0 radical (unpaired) electrons. The van der Waals surface area contributed by atoms with Crippen LogP contribution in [0.15, 0.2) is 23.1 Å². The summed E-state index contributed by atoms with van der Waals surface area (Å²) in [5, 5.41) is 7.15. The van der Waals surface area contributed by atoms with Crippen molar-refractivity contribution in [1.82, 2.24) is 14.5 Å². The van der Waals surface area contributed by atoms with E-state index in [9.17, 15) is 18.0 Å². The molecule has 2 aliphatic rings. The maximum absolute atomic E-state index is 12.8. The van der Waals surface area contributed by atoms with Gasteiger partial charge in [0.2, 0.25) is 21.8 Å². The molecule has 1 amide bonds. The summed E-state index contributed by atoms with van der Waals surface area (Å²) >= 11 is 0. The number of amides is 1. The number of carbonyl (C=O) groups is 2. The third-order valence-electron chi connectivity index (χ3n) is 5.02. The molecule has 4 rings (SSSR count). The zero-order valence-corrected chi connectivity index (χ0v) is 16.6. The van der Waals surface area contributed by atoms with Crippen LogP contribution < -0.4 is 10.0 Å². The van der Waals surface area contributed by atoms with Crippen LogP contribution in [0.3, 0.4) is 0 Å². The van der Waals surface area contributed by atoms with Gasteiger partial charge in [0.1, 0.15) is 5.82 Å². The van der Waals surface area contributed by atoms with Gasteiger partial charge in [-0.3, -0.25) is 9.59 Å². The average Bonchev–Trinajstić information content (AvgIpc) is 3.40. The van der Waals surface area contributed by atoms with Crippen LogP contribution in [0.1, 0.15) is 48.7 Å². The Morgan fingerprint density at radius 3 is 2.68 bits per heavy atom. The monoisotopic (exact) mass is 402 g/mol. The summed E-state index contributed by atoms with van der Waals surface area (Å²) in [6.45, 7) is 3.65. The van der Waals surface area contributed by atoms with E-state index in [1.165, 1.54) is 4.68 Å². The van der Waals surface area contributed by atoms with Gasteiger partial charge in [-0.15, -0.1) is 0 Å². The van der Waals surface area contributed by atoms with Gasteiger partial charge in [0.15, 0.2) is 0 Å². The Labute approximate surface area is 163 Å². The highest BCUT2D eigenvalue weighted by molar-refractivity contribution is 7.89. The lowest BCUT2D eigenvalue weighted by atomic mass is 10.0. The Morgan fingerprint density at radius 2 is 2.00 bits per heavy atom. The SMILES string of the molecule is CCc1nn2c(c1-c1ccc(C)c(S(=O)(=O)NC3CC3)c1)NC(=O)CCC2=O. The summed E-state index contributed by atoms with van der Waals surface area (Å²) in [6.07, 6.45) is 2.42. The third kappa shape index (κ3) is 3.35. The smallest absolute Gasteiger partial charge is 0.249 e. The fraction of sp³-hybridized carbons (Fsp3) is 0.421. The average molecular weight is 402 g/mol. The van der Waals surface area contributed by atoms with Gasteiger partial charge < -0.3 is 5.32 Å². The molecular formula is C19H22N4O4S. The Kier molecular flexibility index (Phi) is 4.59. The number of hydrogen-bond acceptors (Lipinski definition) is 5. The minimum Gasteiger partial charge on any atom is -0.310 e. The Hall–Kier alpha value is -2.52. The van der Waals surface area contributed by atoms with E-state index in [4.69, 9.17) is 0 Å². The number of rotatable bonds is 5. The lowest BCUT2D eigenvalue weighted by Gasteiger charge is -2.12. The van der Waals surface area contributed by atoms with Crippen LogP contribution in [0, 0.1) is 6.92 Å². The van der Waals surface area contributed by atoms with Gasteiger partial charge in [-0.05, 0) is 43.4 Å². The van der Waals surface area contributed by atoms with E-state index in [0.717, 1.165) is 12.8 Å². The molecule has 0 atom stereocenters. The second-order valence-corrected chi connectivity index (χ2v) is 8.94. The van der Waals surface area contributed by atoms with Crippen LogP contribution in [0.2, 0.25) is 0 Å². The largest absolute Gasteiger partial charge is 0.310 e. The molecule has 1 fully saturated rings. The number of carbonyl (C=O) groups excluding carboxylic acids is 2. The van der Waals surface area contributed by atoms with Crippen LogP contribution >= 0.6 is 0 Å². The first-order chi connectivity index (χ1) is 13.3. The molecule has 9 heteroatoms. The topological polar surface area (TPSA) is 110 Å². The van der Waals surface area contributed by atoms with E-state index in [1.807, 2.05) is 6.92 Å². The van der Waals surface area contributed by atoms with Crippen molar-refractivity contribution in [3.05, 3.63) is 29.5 Å². The second kappa shape index (κ2) is 6.82. The Balaban J connectivity index is 1.87. The highest BCUT2D eigenvalue weighted by Gasteiger charge is 2.31. The molecule has 0 saturated heterocycles. The summed E-state index contributed by atoms with van der Waals surface area (Å²) in [5.74, 6) is -0.206. The molecule has 28 heavy (non-hydrogen) atoms. The standard InChI is InChI=1S/C19H22N4O4S/c1-3-14-18(19-20-16(24)8-9-17(25)23(19)21-14)12-5-4-11(2)15(10-12)28(26,27)22-13-6-7-13/h4-5,10,13,22H,3,6-9H2,1-2H3,(H,20,24). The van der Waals surface area contributed by atoms with E-state index in [2.05, 4.69) is 15.1 Å². The molecule has 2 heterocycles. The van der Waals surface area contributed by atoms with E-state index in [0.29, 0.717) is 34.6 Å². The minimum atomic E-state index is -3.64. The maximum atomic E-state index is 12.8. The molecule has 0 spiro atoms. The maximum Gasteiger partial charge on any atom is 0.249 e. The highest BCUT2D eigenvalue weighted by Crippen LogP contribution is 2.36. The van der Waals surface area contributed by atoms with Gasteiger partial charge in [0.05, 0.1) is 10.6 Å². The zero-order valence-electron chi connectivity index (χ0n) is 15.8. The van der Waals surface area contributed by atoms with Crippen molar-refractivity contribution in [1.29, 1.82) is 0 Å². The van der Waals surface area contributed by atoms with Crippen molar-refractivity contribution in [3.8, 4) is 11.1 Å². The van der Waals surface area contributed by atoms with E-state index in [1.54, 1.807) is 25.1 Å². The molecule has 0 bridgehead atoms. The van der Waals surface area contributed by atoms with Crippen molar-refractivity contribution < 1.29 is 18.0 Å². The van der Waals surface area contributed by atoms with Crippen LogP contribution in [0.25, 0.3) is 11.1 Å². The molecule has 1 aromatic heterocycles. The quantitative estimate of drug-likeness (QED) is 0.797. The lowest BCUT2D eigenvalue weighted by molar-refractivity contribution is -0.116. The van der Waals surface area contributed by atoms with Crippen molar-refractivity contribution in [2.24, 2.45) is 0 Å². The van der Waals surface area contributed by atoms with Crippen molar-refractivity contribution in [2.45, 2.75) is 56.9 Å². The summed E-state index contributed by atoms with van der Waals surface area (Å²) in [6, 6.07) is 5.13. The fourth-order valence-corrected chi connectivity index (χ4v) is 4.94. The number of aromatic nitrogens is 2. The Morgan fingerprint density at radius 1 is 1.25 bits per heavy atom. The predicted octanol–water partition coefficient (Wildman–Crippen LogP) is 2.23. The van der Waals surface area contributed by atoms with Gasteiger partial charge in [0.25, 0.3) is 0 Å². The number of benzene rings is 1. The van der Waals surface area contributed by atoms with Crippen molar-refractivity contribution >= 4 is 27.7 Å². The second-order valence-electron chi connectivity index (χ2n) is 7.25. The van der Waals surface area contributed by atoms with Crippen LogP contribution in [-0.2, 0) is 21.2 Å². The van der Waals surface area contributed by atoms with Gasteiger partial charge in [-0.2, -0.15) is 9.78 Å². The van der Waals surface area contributed by atoms with Gasteiger partial charge in [-0.25, -0.2) is 13.1 Å². The summed E-state index contributed by atoms with van der Waals surface area (Å²) < 4.78 is 29.5. The highest BCUT2D eigenvalue weighted by atomic mass is 32.2. The number of anilines is 1. The van der Waals surface area contributed by atoms with Crippen molar-refractivity contribution in [3.63, 3.8) is 0 Å². The van der Waals surface area contributed by atoms with Gasteiger partial charge in [-0.1, -0.05) is 19.1 Å². The molecule has 148 valence electrons. The summed E-state index contributed by atoms with van der Waals surface area (Å²) in [7, 11) is -3.64. The molecule has 2 N–H and O–H groups in total. The summed E-state index contributed by atoms with van der Waals surface area (Å²) in [4.78, 5) is 24.6. The third-order valence-corrected chi connectivity index (χ3v) is 6.68. The molecule has 1 aromatic carbocycles. The summed E-state index contributed by atoms with van der Waals surface area (Å²) in [5.41, 5.74) is 2.46. The molecule has 0 unspecified atom stereocenters. The van der Waals surface area contributed by atoms with Crippen LogP contribution in [-0.4, -0.2) is 36.1 Å². The van der Waals surface area contributed by atoms with E-state index in [-0.39, 0.29) is 35.6 Å².